The van der Waals surface area contributed by atoms with Crippen LogP contribution in [0.25, 0.3) is 0 Å². The minimum absolute atomic E-state index is 0. The van der Waals surface area contributed by atoms with Gasteiger partial charge in [-0.05, 0) is 42.5 Å². The van der Waals surface area contributed by atoms with Crippen LogP contribution in [0.1, 0.15) is 37.4 Å². The van der Waals surface area contributed by atoms with E-state index in [-0.39, 0.29) is 19.4 Å². The Hall–Kier alpha value is -2.73. The fourth-order valence-electron chi connectivity index (χ4n) is 1.66. The number of thiocarbonyl (C=S) groups is 1. The van der Waals surface area contributed by atoms with Crippen molar-refractivity contribution >= 4 is 34.9 Å². The Morgan fingerprint density at radius 1 is 1.00 bits per heavy atom. The topological polar surface area (TPSA) is 78.4 Å². The molecule has 0 saturated heterocycles. The molecular formula is C17H22N2O3S. The number of benzene rings is 2. The van der Waals surface area contributed by atoms with Gasteiger partial charge in [-0.25, -0.2) is 4.79 Å². The summed E-state index contributed by atoms with van der Waals surface area (Å²) >= 11 is 5.03. The van der Waals surface area contributed by atoms with Crippen molar-refractivity contribution in [1.29, 1.82) is 0 Å². The minimum Gasteiger partial charge on any atom is -0.478 e. The Labute approximate surface area is 143 Å². The lowest BCUT2D eigenvalue weighted by Crippen LogP contribution is -2.34. The van der Waals surface area contributed by atoms with Gasteiger partial charge >= 0.3 is 5.97 Å². The van der Waals surface area contributed by atoms with Crippen LogP contribution in [0.2, 0.25) is 0 Å². The number of carboxylic acids is 1. The normalized spacial score (nSPS) is 9.13. The van der Waals surface area contributed by atoms with E-state index in [0.717, 1.165) is 0 Å². The maximum Gasteiger partial charge on any atom is 0.335 e. The summed E-state index contributed by atoms with van der Waals surface area (Å²) in [5.74, 6) is -1.36. The van der Waals surface area contributed by atoms with E-state index < -0.39 is 5.97 Å². The average molecular weight is 334 g/mol. The van der Waals surface area contributed by atoms with Gasteiger partial charge in [-0.15, -0.1) is 0 Å². The molecule has 23 heavy (non-hydrogen) atoms. The quantitative estimate of drug-likeness (QED) is 0.739. The molecule has 3 N–H and O–H groups in total. The average Bonchev–Trinajstić information content (AvgIpc) is 2.57. The smallest absolute Gasteiger partial charge is 0.335 e. The van der Waals surface area contributed by atoms with Crippen molar-refractivity contribution in [3.05, 3.63) is 65.7 Å². The number of hydrogen-bond donors (Lipinski definition) is 3. The van der Waals surface area contributed by atoms with Gasteiger partial charge in [-0.3, -0.25) is 10.1 Å². The first kappa shape index (κ1) is 18.3. The van der Waals surface area contributed by atoms with Gasteiger partial charge in [-0.2, -0.15) is 0 Å². The Kier molecular flexibility index (Phi) is 7.42. The van der Waals surface area contributed by atoms with Gasteiger partial charge in [0.25, 0.3) is 5.91 Å². The van der Waals surface area contributed by atoms with Crippen molar-refractivity contribution in [1.82, 2.24) is 5.32 Å². The van der Waals surface area contributed by atoms with Crippen LogP contribution in [-0.4, -0.2) is 22.1 Å². The SMILES string of the molecule is CC.O=C(O)c1cccc(NC(=S)NC(=O)c2ccccc2)c1.[HH].[HH]. The molecule has 5 nitrogen and oxygen atoms in total. The number of amides is 1. The number of hydrogen-bond acceptors (Lipinski definition) is 3. The second kappa shape index (κ2) is 9.32. The highest BCUT2D eigenvalue weighted by Crippen LogP contribution is 2.10. The van der Waals surface area contributed by atoms with Gasteiger partial charge in [0.15, 0.2) is 5.11 Å². The summed E-state index contributed by atoms with van der Waals surface area (Å²) in [6.45, 7) is 4.00. The molecule has 0 aromatic heterocycles. The maximum atomic E-state index is 11.9. The lowest BCUT2D eigenvalue weighted by Gasteiger charge is -2.10. The maximum absolute atomic E-state index is 11.9. The van der Waals surface area contributed by atoms with Crippen LogP contribution in [0.4, 0.5) is 5.69 Å². The molecule has 0 aliphatic carbocycles. The molecule has 0 fully saturated rings. The Bertz CT molecular complexity index is 697. The van der Waals surface area contributed by atoms with Gasteiger partial charge in [-0.1, -0.05) is 38.1 Å². The standard InChI is InChI=1S/C15H12N2O3S.C2H6.2H2/c18-13(10-5-2-1-3-6-10)17-15(21)16-12-8-4-7-11(9-12)14(19)20;1-2;;/h1-9H,(H,19,20)(H2,16,17,18,21);1-2H3;2*1H. The third-order valence-electron chi connectivity index (χ3n) is 2.63. The molecule has 0 aliphatic rings. The summed E-state index contributed by atoms with van der Waals surface area (Å²) in [5, 5.41) is 14.3. The van der Waals surface area contributed by atoms with Crippen molar-refractivity contribution in [3.8, 4) is 0 Å². The van der Waals surface area contributed by atoms with Crippen molar-refractivity contribution < 1.29 is 17.5 Å². The Morgan fingerprint density at radius 2 is 1.61 bits per heavy atom. The fourth-order valence-corrected chi connectivity index (χ4v) is 1.87. The van der Waals surface area contributed by atoms with Gasteiger partial charge in [0, 0.05) is 14.1 Å². The molecular weight excluding hydrogens is 312 g/mol. The van der Waals surface area contributed by atoms with Crippen molar-refractivity contribution in [2.45, 2.75) is 13.8 Å². The molecule has 124 valence electrons. The molecule has 0 heterocycles. The summed E-state index contributed by atoms with van der Waals surface area (Å²) in [4.78, 5) is 22.8. The summed E-state index contributed by atoms with van der Waals surface area (Å²) in [7, 11) is 0. The summed E-state index contributed by atoms with van der Waals surface area (Å²) in [6.07, 6.45) is 0. The molecule has 0 spiro atoms. The van der Waals surface area contributed by atoms with Crippen LogP contribution in [0.15, 0.2) is 54.6 Å². The predicted octanol–water partition coefficient (Wildman–Crippen LogP) is 4.03. The van der Waals surface area contributed by atoms with Crippen molar-refractivity contribution in [2.24, 2.45) is 0 Å². The number of rotatable bonds is 3. The Morgan fingerprint density at radius 3 is 2.22 bits per heavy atom. The second-order valence-electron chi connectivity index (χ2n) is 4.16. The van der Waals surface area contributed by atoms with Gasteiger partial charge in [0.2, 0.25) is 0 Å². The molecule has 0 radical (unpaired) electrons. The molecule has 2 aromatic rings. The largest absolute Gasteiger partial charge is 0.478 e. The molecule has 0 saturated carbocycles. The number of aromatic carboxylic acids is 1. The van der Waals surface area contributed by atoms with Crippen LogP contribution in [0, 0.1) is 0 Å². The number of anilines is 1. The van der Waals surface area contributed by atoms with E-state index in [4.69, 9.17) is 17.3 Å². The lowest BCUT2D eigenvalue weighted by molar-refractivity contribution is 0.0696. The lowest BCUT2D eigenvalue weighted by atomic mass is 10.2. The highest BCUT2D eigenvalue weighted by atomic mass is 32.1. The van der Waals surface area contributed by atoms with Crippen molar-refractivity contribution in [2.75, 3.05) is 5.32 Å². The van der Waals surface area contributed by atoms with E-state index in [0.29, 0.717) is 11.3 Å². The first-order chi connectivity index (χ1) is 11.1. The molecule has 0 atom stereocenters. The molecule has 6 heteroatoms. The second-order valence-corrected chi connectivity index (χ2v) is 4.57. The third-order valence-corrected chi connectivity index (χ3v) is 2.83. The molecule has 2 aromatic carbocycles. The highest BCUT2D eigenvalue weighted by Gasteiger charge is 2.08. The zero-order valence-electron chi connectivity index (χ0n) is 12.9. The third kappa shape index (κ3) is 5.88. The van der Waals surface area contributed by atoms with E-state index >= 15 is 0 Å². The van der Waals surface area contributed by atoms with E-state index in [9.17, 15) is 9.59 Å². The van der Waals surface area contributed by atoms with Gasteiger partial charge in [0.1, 0.15) is 0 Å². The predicted molar refractivity (Wildman–Crippen MR) is 99.1 cm³/mol. The number of carbonyl (C=O) groups excluding carboxylic acids is 1. The van der Waals surface area contributed by atoms with Gasteiger partial charge < -0.3 is 10.4 Å². The van der Waals surface area contributed by atoms with E-state index in [1.807, 2.05) is 19.9 Å². The van der Waals surface area contributed by atoms with E-state index in [1.54, 1.807) is 36.4 Å². The van der Waals surface area contributed by atoms with Crippen LogP contribution < -0.4 is 10.6 Å². The molecule has 0 unspecified atom stereocenters. The van der Waals surface area contributed by atoms with Gasteiger partial charge in [0.05, 0.1) is 5.56 Å². The summed E-state index contributed by atoms with van der Waals surface area (Å²) in [5.41, 5.74) is 1.12. The molecule has 2 rings (SSSR count). The summed E-state index contributed by atoms with van der Waals surface area (Å²) < 4.78 is 0. The number of carbonyl (C=O) groups is 2. The fraction of sp³-hybridized carbons (Fsp3) is 0.118. The monoisotopic (exact) mass is 334 g/mol. The van der Waals surface area contributed by atoms with Crippen LogP contribution in [-0.2, 0) is 0 Å². The van der Waals surface area contributed by atoms with Crippen LogP contribution in [0.3, 0.4) is 0 Å². The van der Waals surface area contributed by atoms with Crippen LogP contribution >= 0.6 is 12.2 Å². The van der Waals surface area contributed by atoms with Crippen LogP contribution in [0.5, 0.6) is 0 Å². The number of nitrogens with one attached hydrogen (secondary N) is 2. The zero-order valence-corrected chi connectivity index (χ0v) is 13.7. The highest BCUT2D eigenvalue weighted by molar-refractivity contribution is 7.80. The first-order valence-corrected chi connectivity index (χ1v) is 7.48. The zero-order chi connectivity index (χ0) is 17.2. The van der Waals surface area contributed by atoms with Crippen molar-refractivity contribution in [3.63, 3.8) is 0 Å². The molecule has 0 aliphatic heterocycles. The first-order valence-electron chi connectivity index (χ1n) is 7.07. The number of carboxylic acid groups (broad SMARTS) is 1. The molecule has 1 amide bonds. The van der Waals surface area contributed by atoms with E-state index in [2.05, 4.69) is 10.6 Å². The molecule has 0 bridgehead atoms. The van der Waals surface area contributed by atoms with E-state index in [1.165, 1.54) is 12.1 Å². The minimum atomic E-state index is -1.03. The Balaban J connectivity index is 0. The summed E-state index contributed by atoms with van der Waals surface area (Å²) in [6, 6.07) is 14.8.